The molecule has 1 heterocycles. The van der Waals surface area contributed by atoms with E-state index in [2.05, 4.69) is 0 Å². The topological polar surface area (TPSA) is 40.5 Å². The van der Waals surface area contributed by atoms with Crippen molar-refractivity contribution in [2.24, 2.45) is 11.8 Å². The second-order valence-corrected chi connectivity index (χ2v) is 4.21. The summed E-state index contributed by atoms with van der Waals surface area (Å²) in [6, 6.07) is 0. The number of halogens is 4. The van der Waals surface area contributed by atoms with Gasteiger partial charge in [0.05, 0.1) is 5.92 Å². The number of aliphatic hydroxyl groups excluding tert-OH is 1. The lowest BCUT2D eigenvalue weighted by atomic mass is 9.97. The molecule has 0 unspecified atom stereocenters. The normalized spacial score (nSPS) is 26.2. The lowest BCUT2D eigenvalue weighted by Crippen LogP contribution is -2.32. The van der Waals surface area contributed by atoms with E-state index in [4.69, 9.17) is 16.7 Å². The number of amides is 1. The molecule has 1 fully saturated rings. The van der Waals surface area contributed by atoms with Gasteiger partial charge in [0.15, 0.2) is 0 Å². The zero-order chi connectivity index (χ0) is 12.3. The highest BCUT2D eigenvalue weighted by molar-refractivity contribution is 6.18. The number of alkyl halides is 4. The molecule has 3 nitrogen and oxygen atoms in total. The maximum atomic E-state index is 12.5. The number of likely N-dealkylation sites (tertiary alicyclic amines) is 1. The largest absolute Gasteiger partial charge is 0.396 e. The first-order chi connectivity index (χ1) is 7.40. The van der Waals surface area contributed by atoms with Crippen molar-refractivity contribution in [2.75, 3.05) is 25.6 Å². The van der Waals surface area contributed by atoms with Crippen LogP contribution in [0.15, 0.2) is 0 Å². The average molecular weight is 260 g/mol. The van der Waals surface area contributed by atoms with Crippen LogP contribution >= 0.6 is 11.6 Å². The molecule has 0 bridgehead atoms. The van der Waals surface area contributed by atoms with Gasteiger partial charge in [-0.3, -0.25) is 4.79 Å². The van der Waals surface area contributed by atoms with Crippen LogP contribution < -0.4 is 0 Å². The van der Waals surface area contributed by atoms with Gasteiger partial charge in [-0.25, -0.2) is 0 Å². The smallest absolute Gasteiger partial charge is 0.393 e. The van der Waals surface area contributed by atoms with Crippen LogP contribution in [0.25, 0.3) is 0 Å². The Bertz CT molecular complexity index is 260. The van der Waals surface area contributed by atoms with E-state index >= 15 is 0 Å². The van der Waals surface area contributed by atoms with Crippen LogP contribution in [0, 0.1) is 11.8 Å². The Morgan fingerprint density at radius 1 is 1.44 bits per heavy atom. The maximum Gasteiger partial charge on any atom is 0.393 e. The van der Waals surface area contributed by atoms with Crippen LogP contribution in [0.1, 0.15) is 6.42 Å². The first-order valence-corrected chi connectivity index (χ1v) is 5.45. The zero-order valence-corrected chi connectivity index (χ0v) is 9.26. The minimum atomic E-state index is -4.37. The Kier molecular flexibility index (Phi) is 4.43. The second kappa shape index (κ2) is 5.23. The number of rotatable bonds is 3. The van der Waals surface area contributed by atoms with Crippen molar-refractivity contribution in [1.82, 2.24) is 4.90 Å². The number of hydrogen-bond donors (Lipinski definition) is 1. The summed E-state index contributed by atoms with van der Waals surface area (Å²) < 4.78 is 37.6. The molecule has 0 aromatic heterocycles. The van der Waals surface area contributed by atoms with Crippen molar-refractivity contribution in [3.63, 3.8) is 0 Å². The van der Waals surface area contributed by atoms with Gasteiger partial charge in [0.2, 0.25) is 5.91 Å². The molecule has 1 amide bonds. The summed E-state index contributed by atoms with van der Waals surface area (Å²) in [4.78, 5) is 12.5. The van der Waals surface area contributed by atoms with Crippen molar-refractivity contribution in [1.29, 1.82) is 0 Å². The highest BCUT2D eigenvalue weighted by atomic mass is 35.5. The highest BCUT2D eigenvalue weighted by Gasteiger charge is 2.50. The summed E-state index contributed by atoms with van der Waals surface area (Å²) in [5.74, 6) is -2.84. The lowest BCUT2D eigenvalue weighted by Gasteiger charge is -2.18. The molecule has 0 saturated carbocycles. The van der Waals surface area contributed by atoms with E-state index in [9.17, 15) is 18.0 Å². The minimum absolute atomic E-state index is 0.0320. The van der Waals surface area contributed by atoms with Crippen molar-refractivity contribution < 1.29 is 23.1 Å². The van der Waals surface area contributed by atoms with Crippen LogP contribution in [0.4, 0.5) is 13.2 Å². The zero-order valence-electron chi connectivity index (χ0n) is 8.50. The predicted molar refractivity (Wildman–Crippen MR) is 52.0 cm³/mol. The molecule has 0 aromatic carbocycles. The molecular formula is C9H13ClF3NO2. The first-order valence-electron chi connectivity index (χ1n) is 4.91. The Morgan fingerprint density at radius 3 is 2.44 bits per heavy atom. The molecule has 94 valence electrons. The molecule has 16 heavy (non-hydrogen) atoms. The SMILES string of the molecule is O=C(CCCl)N1C[C@@H](CO)[C@H](C(F)(F)F)C1. The van der Waals surface area contributed by atoms with Crippen LogP contribution in [0.3, 0.4) is 0 Å². The van der Waals surface area contributed by atoms with Gasteiger partial charge in [-0.15, -0.1) is 11.6 Å². The Morgan fingerprint density at radius 2 is 2.06 bits per heavy atom. The van der Waals surface area contributed by atoms with Gasteiger partial charge in [-0.2, -0.15) is 13.2 Å². The fourth-order valence-corrected chi connectivity index (χ4v) is 2.03. The highest BCUT2D eigenvalue weighted by Crippen LogP contribution is 2.37. The summed E-state index contributed by atoms with van der Waals surface area (Å²) in [5.41, 5.74) is 0. The number of carbonyl (C=O) groups is 1. The van der Waals surface area contributed by atoms with E-state index in [-0.39, 0.29) is 31.3 Å². The summed E-state index contributed by atoms with van der Waals surface area (Å²) in [5, 5.41) is 8.87. The van der Waals surface area contributed by atoms with Crippen molar-refractivity contribution in [3.8, 4) is 0 Å². The molecule has 1 N–H and O–H groups in total. The molecule has 0 spiro atoms. The van der Waals surface area contributed by atoms with Gasteiger partial charge in [-0.05, 0) is 0 Å². The monoisotopic (exact) mass is 259 g/mol. The maximum absolute atomic E-state index is 12.5. The van der Waals surface area contributed by atoms with E-state index < -0.39 is 24.6 Å². The lowest BCUT2D eigenvalue weighted by molar-refractivity contribution is -0.183. The van der Waals surface area contributed by atoms with E-state index in [0.717, 1.165) is 4.90 Å². The number of carbonyl (C=O) groups excluding carboxylic acids is 1. The van der Waals surface area contributed by atoms with Crippen LogP contribution in [-0.4, -0.2) is 47.7 Å². The minimum Gasteiger partial charge on any atom is -0.396 e. The quantitative estimate of drug-likeness (QED) is 0.775. The molecule has 0 radical (unpaired) electrons. The third-order valence-corrected chi connectivity index (χ3v) is 2.95. The van der Waals surface area contributed by atoms with Gasteiger partial charge < -0.3 is 10.0 Å². The van der Waals surface area contributed by atoms with Gasteiger partial charge in [-0.1, -0.05) is 0 Å². The predicted octanol–water partition coefficient (Wildman–Crippen LogP) is 1.24. The van der Waals surface area contributed by atoms with Crippen LogP contribution in [0.2, 0.25) is 0 Å². The van der Waals surface area contributed by atoms with Crippen molar-refractivity contribution in [2.45, 2.75) is 12.6 Å². The standard InChI is InChI=1S/C9H13ClF3NO2/c10-2-1-8(16)14-3-6(5-15)7(4-14)9(11,12)13/h6-7,15H,1-5H2/t6-,7+/m0/s1. The Balaban J connectivity index is 2.67. The Hall–Kier alpha value is -0.490. The molecule has 0 aromatic rings. The van der Waals surface area contributed by atoms with E-state index in [0.29, 0.717) is 0 Å². The molecule has 1 rings (SSSR count). The average Bonchev–Trinajstić information content (AvgIpc) is 2.61. The van der Waals surface area contributed by atoms with Crippen LogP contribution in [0.5, 0.6) is 0 Å². The second-order valence-electron chi connectivity index (χ2n) is 3.83. The van der Waals surface area contributed by atoms with Crippen molar-refractivity contribution >= 4 is 17.5 Å². The fourth-order valence-electron chi connectivity index (χ4n) is 1.87. The van der Waals surface area contributed by atoms with E-state index in [1.807, 2.05) is 0 Å². The van der Waals surface area contributed by atoms with E-state index in [1.165, 1.54) is 0 Å². The first kappa shape index (κ1) is 13.6. The van der Waals surface area contributed by atoms with Crippen LogP contribution in [-0.2, 0) is 4.79 Å². The third kappa shape index (κ3) is 3.01. The molecule has 2 atom stereocenters. The molecule has 0 aliphatic carbocycles. The van der Waals surface area contributed by atoms with Gasteiger partial charge in [0.1, 0.15) is 0 Å². The molecule has 1 aliphatic heterocycles. The molecule has 1 aliphatic rings. The summed E-state index contributed by atoms with van der Waals surface area (Å²) in [6.07, 6.45) is -4.34. The fraction of sp³-hybridized carbons (Fsp3) is 0.889. The molecular weight excluding hydrogens is 247 g/mol. The number of nitrogens with zero attached hydrogens (tertiary/aromatic N) is 1. The molecule has 1 saturated heterocycles. The summed E-state index contributed by atoms with van der Waals surface area (Å²) in [7, 11) is 0. The summed E-state index contributed by atoms with van der Waals surface area (Å²) in [6.45, 7) is -0.977. The van der Waals surface area contributed by atoms with E-state index in [1.54, 1.807) is 0 Å². The Labute approximate surface area is 96.2 Å². The summed E-state index contributed by atoms with van der Waals surface area (Å²) >= 11 is 5.35. The van der Waals surface area contributed by atoms with Crippen molar-refractivity contribution in [3.05, 3.63) is 0 Å². The van der Waals surface area contributed by atoms with Gasteiger partial charge in [0.25, 0.3) is 0 Å². The molecule has 7 heteroatoms. The van der Waals surface area contributed by atoms with Gasteiger partial charge >= 0.3 is 6.18 Å². The number of hydrogen-bond acceptors (Lipinski definition) is 2. The van der Waals surface area contributed by atoms with Gasteiger partial charge in [0, 0.05) is 37.9 Å². The third-order valence-electron chi connectivity index (χ3n) is 2.76. The number of aliphatic hydroxyl groups is 1.